The Balaban J connectivity index is 1.81. The zero-order chi connectivity index (χ0) is 18.0. The fraction of sp³-hybridized carbons (Fsp3) is 0.471. The van der Waals surface area contributed by atoms with E-state index in [1.807, 2.05) is 0 Å². The summed E-state index contributed by atoms with van der Waals surface area (Å²) in [5.74, 6) is 1.05. The van der Waals surface area contributed by atoms with Gasteiger partial charge in [-0.1, -0.05) is 37.2 Å². The molecule has 134 valence electrons. The van der Waals surface area contributed by atoms with E-state index in [0.717, 1.165) is 36.6 Å². The van der Waals surface area contributed by atoms with Crippen LogP contribution in [0.3, 0.4) is 0 Å². The molecule has 0 radical (unpaired) electrons. The first-order chi connectivity index (χ1) is 11.9. The molecule has 0 bridgehead atoms. The molecule has 25 heavy (non-hydrogen) atoms. The molecule has 0 unspecified atom stereocenters. The molecule has 0 atom stereocenters. The Kier molecular flexibility index (Phi) is 5.36. The van der Waals surface area contributed by atoms with Gasteiger partial charge in [-0.3, -0.25) is 0 Å². The predicted octanol–water partition coefficient (Wildman–Crippen LogP) is 3.38. The number of nitrogens with two attached hydrogens (primary N) is 1. The van der Waals surface area contributed by atoms with E-state index >= 15 is 0 Å². The van der Waals surface area contributed by atoms with Crippen LogP contribution in [-0.2, 0) is 6.61 Å². The zero-order valence-electron chi connectivity index (χ0n) is 14.4. The molecule has 0 spiro atoms. The summed E-state index contributed by atoms with van der Waals surface area (Å²) in [7, 11) is 0. The Bertz CT molecular complexity index is 761. The molecule has 0 amide bonds. The molecule has 1 aliphatic rings. The zero-order valence-corrected chi connectivity index (χ0v) is 15.9. The number of aliphatic hydroxyl groups excluding tert-OH is 1. The van der Waals surface area contributed by atoms with Crippen molar-refractivity contribution in [1.82, 2.24) is 15.0 Å². The fourth-order valence-electron chi connectivity index (χ4n) is 2.78. The highest BCUT2D eigenvalue weighted by Crippen LogP contribution is 2.36. The molecular weight excluding hydrogens is 358 g/mol. The molecule has 0 aliphatic carbocycles. The van der Waals surface area contributed by atoms with Crippen LogP contribution in [0.4, 0.5) is 11.6 Å². The quantitative estimate of drug-likeness (QED) is 0.841. The van der Waals surface area contributed by atoms with E-state index in [2.05, 4.69) is 33.7 Å². The smallest absolute Gasteiger partial charge is 0.152 e. The van der Waals surface area contributed by atoms with Gasteiger partial charge in [-0.2, -0.15) is 0 Å². The third kappa shape index (κ3) is 4.16. The highest BCUT2D eigenvalue weighted by molar-refractivity contribution is 7.99. The summed E-state index contributed by atoms with van der Waals surface area (Å²) >= 11 is 7.54. The Hall–Kier alpha value is -1.57. The van der Waals surface area contributed by atoms with Crippen LogP contribution in [0.2, 0.25) is 5.02 Å². The van der Waals surface area contributed by atoms with E-state index in [1.165, 1.54) is 11.8 Å². The van der Waals surface area contributed by atoms with Crippen LogP contribution in [-0.4, -0.2) is 33.1 Å². The van der Waals surface area contributed by atoms with Gasteiger partial charge in [0.1, 0.15) is 16.5 Å². The first-order valence-electron chi connectivity index (χ1n) is 8.19. The minimum absolute atomic E-state index is 0.150. The number of halogens is 1. The number of nitrogen functional groups attached to an aromatic ring is 1. The molecule has 6 nitrogen and oxygen atoms in total. The molecule has 0 saturated carbocycles. The third-order valence-corrected chi connectivity index (χ3v) is 5.94. The number of rotatable bonds is 4. The lowest BCUT2D eigenvalue weighted by atomic mass is 9.83. The molecule has 8 heteroatoms. The van der Waals surface area contributed by atoms with Crippen molar-refractivity contribution < 1.29 is 5.11 Å². The number of aromatic nitrogens is 3. The Morgan fingerprint density at radius 3 is 2.72 bits per heavy atom. The van der Waals surface area contributed by atoms with Crippen molar-refractivity contribution in [2.75, 3.05) is 23.7 Å². The van der Waals surface area contributed by atoms with Crippen LogP contribution >= 0.6 is 23.4 Å². The second-order valence-corrected chi connectivity index (χ2v) is 8.34. The summed E-state index contributed by atoms with van der Waals surface area (Å²) in [6.07, 6.45) is 5.52. The minimum Gasteiger partial charge on any atom is -0.390 e. The fourth-order valence-corrected chi connectivity index (χ4v) is 3.82. The largest absolute Gasteiger partial charge is 0.390 e. The van der Waals surface area contributed by atoms with Gasteiger partial charge in [-0.05, 0) is 24.3 Å². The van der Waals surface area contributed by atoms with Crippen LogP contribution in [0.25, 0.3) is 0 Å². The van der Waals surface area contributed by atoms with Crippen LogP contribution in [0.5, 0.6) is 0 Å². The van der Waals surface area contributed by atoms with Gasteiger partial charge in [0.05, 0.1) is 17.8 Å². The number of pyridine rings is 1. The van der Waals surface area contributed by atoms with Crippen LogP contribution in [0.15, 0.2) is 28.4 Å². The number of anilines is 2. The van der Waals surface area contributed by atoms with Gasteiger partial charge < -0.3 is 15.7 Å². The summed E-state index contributed by atoms with van der Waals surface area (Å²) in [5.41, 5.74) is 6.68. The molecule has 3 N–H and O–H groups in total. The molecule has 1 fully saturated rings. The molecule has 2 aromatic heterocycles. The molecule has 1 aliphatic heterocycles. The van der Waals surface area contributed by atoms with E-state index in [0.29, 0.717) is 21.2 Å². The van der Waals surface area contributed by atoms with Gasteiger partial charge in [0, 0.05) is 24.2 Å². The van der Waals surface area contributed by atoms with Crippen molar-refractivity contribution in [2.45, 2.75) is 43.2 Å². The van der Waals surface area contributed by atoms with Gasteiger partial charge in [-0.25, -0.2) is 15.0 Å². The molecule has 0 aromatic carbocycles. The molecular formula is C17H22ClN5OS. The summed E-state index contributed by atoms with van der Waals surface area (Å²) in [4.78, 5) is 16.0. The van der Waals surface area contributed by atoms with Crippen LogP contribution < -0.4 is 10.6 Å². The first kappa shape index (κ1) is 18.2. The molecule has 3 heterocycles. The van der Waals surface area contributed by atoms with Gasteiger partial charge >= 0.3 is 0 Å². The van der Waals surface area contributed by atoms with E-state index in [9.17, 15) is 5.11 Å². The Morgan fingerprint density at radius 2 is 2.04 bits per heavy atom. The second kappa shape index (κ2) is 7.35. The normalized spacial score (nSPS) is 16.9. The number of piperidine rings is 1. The SMILES string of the molecule is CC1(C)CCN(c2ncc(Sc3ccnc(N)c3Cl)nc2CO)CC1. The van der Waals surface area contributed by atoms with Gasteiger partial charge in [0.2, 0.25) is 0 Å². The maximum Gasteiger partial charge on any atom is 0.152 e. The molecule has 1 saturated heterocycles. The lowest BCUT2D eigenvalue weighted by molar-refractivity contribution is 0.268. The third-order valence-electron chi connectivity index (χ3n) is 4.46. The Labute approximate surface area is 156 Å². The minimum atomic E-state index is -0.150. The molecule has 2 aromatic rings. The maximum atomic E-state index is 9.75. The lowest BCUT2D eigenvalue weighted by Crippen LogP contribution is -2.38. The second-order valence-electron chi connectivity index (χ2n) is 6.90. The topological polar surface area (TPSA) is 88.2 Å². The van der Waals surface area contributed by atoms with E-state index in [4.69, 9.17) is 17.3 Å². The first-order valence-corrected chi connectivity index (χ1v) is 9.38. The van der Waals surface area contributed by atoms with E-state index < -0.39 is 0 Å². The molecule has 3 rings (SSSR count). The standard InChI is InChI=1S/C17H22ClN5OS/c1-17(2)4-7-23(8-5-17)16-11(10-24)22-13(9-21-16)25-12-3-6-20-15(19)14(12)18/h3,6,9,24H,4-5,7-8,10H2,1-2H3,(H2,19,20). The van der Waals surface area contributed by atoms with Crippen LogP contribution in [0, 0.1) is 5.41 Å². The number of nitrogens with zero attached hydrogens (tertiary/aromatic N) is 4. The Morgan fingerprint density at radius 1 is 1.32 bits per heavy atom. The van der Waals surface area contributed by atoms with E-state index in [1.54, 1.807) is 18.5 Å². The number of hydrogen-bond acceptors (Lipinski definition) is 7. The lowest BCUT2D eigenvalue weighted by Gasteiger charge is -2.38. The highest BCUT2D eigenvalue weighted by atomic mass is 35.5. The average molecular weight is 380 g/mol. The van der Waals surface area contributed by atoms with Crippen molar-refractivity contribution in [1.29, 1.82) is 0 Å². The number of hydrogen-bond donors (Lipinski definition) is 2. The van der Waals surface area contributed by atoms with Gasteiger partial charge in [-0.15, -0.1) is 0 Å². The highest BCUT2D eigenvalue weighted by Gasteiger charge is 2.27. The monoisotopic (exact) mass is 379 g/mol. The average Bonchev–Trinajstić information content (AvgIpc) is 2.59. The van der Waals surface area contributed by atoms with Gasteiger partial charge in [0.25, 0.3) is 0 Å². The van der Waals surface area contributed by atoms with Gasteiger partial charge in [0.15, 0.2) is 5.82 Å². The van der Waals surface area contributed by atoms with Crippen LogP contribution in [0.1, 0.15) is 32.4 Å². The van der Waals surface area contributed by atoms with E-state index in [-0.39, 0.29) is 12.4 Å². The van der Waals surface area contributed by atoms with Crippen molar-refractivity contribution >= 4 is 35.0 Å². The van der Waals surface area contributed by atoms with Crippen molar-refractivity contribution in [3.8, 4) is 0 Å². The summed E-state index contributed by atoms with van der Waals surface area (Å²) in [6.45, 7) is 6.27. The van der Waals surface area contributed by atoms with Crippen molar-refractivity contribution in [3.63, 3.8) is 0 Å². The summed E-state index contributed by atoms with van der Waals surface area (Å²) in [6, 6.07) is 1.78. The summed E-state index contributed by atoms with van der Waals surface area (Å²) in [5, 5.41) is 10.8. The van der Waals surface area contributed by atoms with Crippen molar-refractivity contribution in [3.05, 3.63) is 29.2 Å². The maximum absolute atomic E-state index is 9.75. The van der Waals surface area contributed by atoms with Crippen molar-refractivity contribution in [2.24, 2.45) is 5.41 Å². The predicted molar refractivity (Wildman–Crippen MR) is 101 cm³/mol. The number of aliphatic hydroxyl groups is 1. The summed E-state index contributed by atoms with van der Waals surface area (Å²) < 4.78 is 0.